The van der Waals surface area contributed by atoms with Gasteiger partial charge in [0.15, 0.2) is 23.9 Å². The maximum atomic E-state index is 12.2. The maximum Gasteiger partial charge on any atom is 0.509 e. The van der Waals surface area contributed by atoms with Crippen molar-refractivity contribution in [1.29, 1.82) is 0 Å². The van der Waals surface area contributed by atoms with Crippen LogP contribution in [0.1, 0.15) is 14.5 Å². The lowest BCUT2D eigenvalue weighted by molar-refractivity contribution is -0.151. The van der Waals surface area contributed by atoms with Gasteiger partial charge in [0.25, 0.3) is 0 Å². The Kier molecular flexibility index (Phi) is 4.11. The maximum absolute atomic E-state index is 12.2. The number of H-pyrrole nitrogens is 1. The van der Waals surface area contributed by atoms with Gasteiger partial charge in [-0.15, -0.1) is 0 Å². The molecule has 0 aliphatic carbocycles. The Balaban J connectivity index is 1.87. The predicted octanol–water partition coefficient (Wildman–Crippen LogP) is -1.84. The lowest BCUT2D eigenvalue weighted by Crippen LogP contribution is -2.37. The van der Waals surface area contributed by atoms with Crippen molar-refractivity contribution in [3.8, 4) is 0 Å². The number of nitrogens with one attached hydrogen (secondary N) is 1. The van der Waals surface area contributed by atoms with Crippen LogP contribution in [0.15, 0.2) is 22.2 Å². The first-order valence-corrected chi connectivity index (χ1v) is 7.27. The Bertz CT molecular complexity index is 849. The fourth-order valence-electron chi connectivity index (χ4n) is 2.51. The summed E-state index contributed by atoms with van der Waals surface area (Å²) in [4.78, 5) is 37.3. The number of aromatic amines is 1. The first kappa shape index (κ1) is 15.7. The third kappa shape index (κ3) is 3.21. The summed E-state index contributed by atoms with van der Waals surface area (Å²) < 4.78 is 29.4. The van der Waals surface area contributed by atoms with Crippen LogP contribution < -0.4 is 16.9 Å². The number of hydrogen-bond donors (Lipinski definition) is 3. The molecule has 0 bridgehead atoms. The largest absolute Gasteiger partial charge is 0.509 e. The van der Waals surface area contributed by atoms with Crippen molar-refractivity contribution < 1.29 is 35.1 Å². The van der Waals surface area contributed by atoms with Gasteiger partial charge in [0.2, 0.25) is 0 Å². The van der Waals surface area contributed by atoms with Gasteiger partial charge in [-0.05, 0) is 6.92 Å². The van der Waals surface area contributed by atoms with Crippen molar-refractivity contribution in [3.63, 3.8) is 0 Å². The minimum absolute atomic E-state index is 0.273. The molecule has 3 heterocycles. The second-order valence-corrected chi connectivity index (χ2v) is 5.46. The molecule has 5 atom stereocenters. The zero-order chi connectivity index (χ0) is 19.0. The topological polar surface area (TPSA) is 167 Å². The zero-order valence-electron chi connectivity index (χ0n) is 13.9. The summed E-state index contributed by atoms with van der Waals surface area (Å²) in [6.45, 7) is 1.17. The fraction of sp³-hybridized carbons (Fsp3) is 0.538. The van der Waals surface area contributed by atoms with Gasteiger partial charge in [-0.1, -0.05) is 5.16 Å². The van der Waals surface area contributed by atoms with Crippen LogP contribution in [0.2, 0.25) is 0 Å². The Hall–Kier alpha value is -2.86. The average Bonchev–Trinajstić information content (AvgIpc) is 3.12. The summed E-state index contributed by atoms with van der Waals surface area (Å²) in [6.07, 6.45) is -3.85. The van der Waals surface area contributed by atoms with E-state index in [9.17, 15) is 14.4 Å². The van der Waals surface area contributed by atoms with Crippen molar-refractivity contribution in [3.05, 3.63) is 28.2 Å². The van der Waals surface area contributed by atoms with Gasteiger partial charge in [-0.25, -0.2) is 9.59 Å². The molecule has 0 saturated carbocycles. The van der Waals surface area contributed by atoms with Crippen LogP contribution in [0.3, 0.4) is 0 Å². The number of ether oxygens (including phenoxy) is 4. The number of hydrogen-bond acceptors (Lipinski definition) is 10. The Labute approximate surface area is 141 Å². The van der Waals surface area contributed by atoms with Gasteiger partial charge in [-0.2, -0.15) is 0 Å². The molecule has 136 valence electrons. The second kappa shape index (κ2) is 6.57. The second-order valence-electron chi connectivity index (χ2n) is 5.46. The third-order valence-corrected chi connectivity index (χ3v) is 3.69. The van der Waals surface area contributed by atoms with Crippen LogP contribution in [0.4, 0.5) is 4.79 Å². The van der Waals surface area contributed by atoms with E-state index in [1.165, 1.54) is 6.92 Å². The number of fused-ring (bicyclic) bond motifs is 1. The fourth-order valence-corrected chi connectivity index (χ4v) is 2.51. The van der Waals surface area contributed by atoms with Gasteiger partial charge in [0.1, 0.15) is 18.8 Å². The van der Waals surface area contributed by atoms with Crippen LogP contribution in [0, 0.1) is 0 Å². The van der Waals surface area contributed by atoms with E-state index >= 15 is 0 Å². The molecular weight excluding hydrogens is 340 g/mol. The van der Waals surface area contributed by atoms with E-state index in [0.29, 0.717) is 0 Å². The van der Waals surface area contributed by atoms with Gasteiger partial charge < -0.3 is 29.9 Å². The first-order chi connectivity index (χ1) is 12.3. The minimum Gasteiger partial charge on any atom is -0.462 e. The van der Waals surface area contributed by atoms with Crippen molar-refractivity contribution in [2.45, 2.75) is 37.5 Å². The molecule has 2 saturated heterocycles. The normalized spacial score (nSPS) is 30.2. The SMILES string of the molecule is [2H]c1cn([C@@H]2O[C@H](COC(=O)[C@H](C)N)[C@H]3OC(=O)O[C@H]32)c(=O)[nH]/c1=N\O. The highest BCUT2D eigenvalue weighted by molar-refractivity contribution is 5.74. The van der Waals surface area contributed by atoms with E-state index in [0.717, 1.165) is 10.8 Å². The lowest BCUT2D eigenvalue weighted by Gasteiger charge is -2.18. The van der Waals surface area contributed by atoms with E-state index in [1.807, 2.05) is 0 Å². The standard InChI is InChI=1S/C13H16N4O8/c1-5(14)11(18)22-4-6-8-9(25-13(20)24-8)10(23-6)17-3-2-7(16-21)15-12(17)19/h2-3,5-6,8-10,21H,4,14H2,1H3,(H,15,16,19)/t5-,6+,8+,9+,10+/m0/s1/i2D. The van der Waals surface area contributed by atoms with Crippen LogP contribution >= 0.6 is 0 Å². The van der Waals surface area contributed by atoms with E-state index in [1.54, 1.807) is 0 Å². The van der Waals surface area contributed by atoms with Crippen molar-refractivity contribution in [2.75, 3.05) is 6.61 Å². The average molecular weight is 357 g/mol. The summed E-state index contributed by atoms with van der Waals surface area (Å²) >= 11 is 0. The van der Waals surface area contributed by atoms with Crippen LogP contribution in [-0.2, 0) is 23.7 Å². The van der Waals surface area contributed by atoms with E-state index in [4.69, 9.17) is 31.3 Å². The van der Waals surface area contributed by atoms with Gasteiger partial charge >= 0.3 is 17.8 Å². The smallest absolute Gasteiger partial charge is 0.462 e. The van der Waals surface area contributed by atoms with Crippen molar-refractivity contribution in [1.82, 2.24) is 9.55 Å². The first-order valence-electron chi connectivity index (χ1n) is 7.77. The molecule has 0 aromatic carbocycles. The minimum atomic E-state index is -1.13. The summed E-state index contributed by atoms with van der Waals surface area (Å²) in [6, 6.07) is -1.15. The van der Waals surface area contributed by atoms with Gasteiger partial charge in [0.05, 0.1) is 1.37 Å². The van der Waals surface area contributed by atoms with Crippen LogP contribution in [0.5, 0.6) is 0 Å². The molecule has 2 aliphatic rings. The molecule has 12 nitrogen and oxygen atoms in total. The van der Waals surface area contributed by atoms with Crippen LogP contribution in [0.25, 0.3) is 0 Å². The van der Waals surface area contributed by atoms with Crippen LogP contribution in [-0.4, -0.2) is 57.8 Å². The molecule has 0 radical (unpaired) electrons. The Morgan fingerprint density at radius 3 is 2.96 bits per heavy atom. The summed E-state index contributed by atoms with van der Waals surface area (Å²) in [5, 5.41) is 11.5. The number of nitrogens with zero attached hydrogens (tertiary/aromatic N) is 2. The number of aromatic nitrogens is 2. The Morgan fingerprint density at radius 1 is 1.56 bits per heavy atom. The Morgan fingerprint density at radius 2 is 2.28 bits per heavy atom. The van der Waals surface area contributed by atoms with E-state index in [2.05, 4.69) is 10.1 Å². The highest BCUT2D eigenvalue weighted by Gasteiger charge is 2.55. The summed E-state index contributed by atoms with van der Waals surface area (Å²) in [7, 11) is 0. The summed E-state index contributed by atoms with van der Waals surface area (Å²) in [5.41, 5.74) is 4.29. The summed E-state index contributed by atoms with van der Waals surface area (Å²) in [5.74, 6) is -0.674. The molecule has 25 heavy (non-hydrogen) atoms. The molecule has 0 unspecified atom stereocenters. The van der Waals surface area contributed by atoms with E-state index in [-0.39, 0.29) is 18.1 Å². The highest BCUT2D eigenvalue weighted by Crippen LogP contribution is 2.37. The molecule has 3 rings (SSSR count). The number of rotatable bonds is 4. The number of nitrogens with two attached hydrogens (primary N) is 1. The molecule has 0 spiro atoms. The zero-order valence-corrected chi connectivity index (χ0v) is 12.9. The molecular formula is C13H16N4O8. The molecule has 1 aromatic rings. The van der Waals surface area contributed by atoms with Gasteiger partial charge in [0, 0.05) is 12.2 Å². The van der Waals surface area contributed by atoms with E-state index < -0.39 is 48.4 Å². The van der Waals surface area contributed by atoms with Crippen molar-refractivity contribution in [2.24, 2.45) is 10.9 Å². The predicted molar refractivity (Wildman–Crippen MR) is 76.1 cm³/mol. The molecule has 0 amide bonds. The van der Waals surface area contributed by atoms with Gasteiger partial charge in [-0.3, -0.25) is 14.3 Å². The molecule has 4 N–H and O–H groups in total. The third-order valence-electron chi connectivity index (χ3n) is 3.69. The lowest BCUT2D eigenvalue weighted by atomic mass is 10.1. The number of carbonyl (C=O) groups is 2. The molecule has 2 aliphatic heterocycles. The van der Waals surface area contributed by atoms with Crippen molar-refractivity contribution >= 4 is 12.1 Å². The monoisotopic (exact) mass is 357 g/mol. The molecule has 12 heteroatoms. The molecule has 2 fully saturated rings. The molecule has 1 aromatic heterocycles. The quantitative estimate of drug-likeness (QED) is 0.318. The number of carbonyl (C=O) groups excluding carboxylic acids is 2. The number of esters is 1. The highest BCUT2D eigenvalue weighted by atomic mass is 16.8.